The van der Waals surface area contributed by atoms with Crippen molar-refractivity contribution in [2.24, 2.45) is 13.0 Å². The zero-order chi connectivity index (χ0) is 24.9. The smallest absolute Gasteiger partial charge is 0.490 e. The number of hydrogen-bond acceptors (Lipinski definition) is 6. The van der Waals surface area contributed by atoms with E-state index in [9.17, 15) is 32.3 Å². The predicted octanol–water partition coefficient (Wildman–Crippen LogP) is 1.86. The molecule has 4 N–H and O–H groups in total. The van der Waals surface area contributed by atoms with Crippen LogP contribution >= 0.6 is 0 Å². The molecule has 1 unspecified atom stereocenters. The van der Waals surface area contributed by atoms with Gasteiger partial charge in [0.05, 0.1) is 6.04 Å². The number of aromatic nitrogens is 2. The minimum absolute atomic E-state index is 0.128. The molecular weight excluding hydrogens is 452 g/mol. The van der Waals surface area contributed by atoms with Crippen molar-refractivity contribution in [2.45, 2.75) is 32.1 Å². The van der Waals surface area contributed by atoms with E-state index in [2.05, 4.69) is 15.6 Å². The van der Waals surface area contributed by atoms with E-state index in [-0.39, 0.29) is 30.0 Å². The van der Waals surface area contributed by atoms with Crippen LogP contribution in [0.2, 0.25) is 0 Å². The topological polar surface area (TPSA) is 134 Å². The molecule has 3 rings (SSSR count). The van der Waals surface area contributed by atoms with E-state index < -0.39 is 29.4 Å². The molecule has 0 saturated carbocycles. The molecule has 1 saturated heterocycles. The number of aromatic hydroxyl groups is 1. The van der Waals surface area contributed by atoms with Crippen LogP contribution in [0.1, 0.15) is 41.3 Å². The third-order valence-corrected chi connectivity index (χ3v) is 4.94. The molecule has 1 aromatic heterocycles. The molecule has 2 atom stereocenters. The first-order valence-corrected chi connectivity index (χ1v) is 9.69. The fourth-order valence-corrected chi connectivity index (χ4v) is 3.09. The molecule has 0 radical (unpaired) electrons. The van der Waals surface area contributed by atoms with Gasteiger partial charge in [-0.25, -0.2) is 14.2 Å². The second kappa shape index (κ2) is 10.4. The summed E-state index contributed by atoms with van der Waals surface area (Å²) in [5.74, 6) is -3.78. The van der Waals surface area contributed by atoms with Crippen LogP contribution in [0.4, 0.5) is 17.6 Å². The van der Waals surface area contributed by atoms with Gasteiger partial charge in [-0.2, -0.15) is 13.2 Å². The Labute approximate surface area is 185 Å². The Morgan fingerprint density at radius 2 is 1.85 bits per heavy atom. The van der Waals surface area contributed by atoms with E-state index >= 15 is 0 Å². The zero-order valence-corrected chi connectivity index (χ0v) is 17.6. The maximum atomic E-state index is 12.9. The molecule has 2 heterocycles. The van der Waals surface area contributed by atoms with Gasteiger partial charge in [-0.15, -0.1) is 0 Å². The summed E-state index contributed by atoms with van der Waals surface area (Å²) < 4.78 is 45.9. The number of carbonyl (C=O) groups excluding carboxylic acids is 1. The average Bonchev–Trinajstić information content (AvgIpc) is 3.17. The van der Waals surface area contributed by atoms with E-state index in [4.69, 9.17) is 9.90 Å². The van der Waals surface area contributed by atoms with E-state index in [0.717, 1.165) is 13.0 Å². The van der Waals surface area contributed by atoms with Crippen LogP contribution in [-0.2, 0) is 18.4 Å². The number of alkyl halides is 3. The van der Waals surface area contributed by atoms with Gasteiger partial charge in [-0.3, -0.25) is 14.2 Å². The number of rotatable bonds is 4. The highest BCUT2D eigenvalue weighted by atomic mass is 19.4. The molecule has 180 valence electrons. The van der Waals surface area contributed by atoms with E-state index in [0.29, 0.717) is 11.4 Å². The van der Waals surface area contributed by atoms with Crippen LogP contribution < -0.4 is 16.2 Å². The number of halogens is 4. The molecule has 0 aliphatic carbocycles. The van der Waals surface area contributed by atoms with Crippen LogP contribution in [0, 0.1) is 11.7 Å². The molecule has 1 aliphatic rings. The van der Waals surface area contributed by atoms with Crippen molar-refractivity contribution in [2.75, 3.05) is 6.54 Å². The fraction of sp³-hybridized carbons (Fsp3) is 0.400. The van der Waals surface area contributed by atoms with Gasteiger partial charge in [0.15, 0.2) is 5.69 Å². The predicted molar refractivity (Wildman–Crippen MR) is 107 cm³/mol. The lowest BCUT2D eigenvalue weighted by Crippen LogP contribution is -2.33. The Morgan fingerprint density at radius 3 is 2.33 bits per heavy atom. The van der Waals surface area contributed by atoms with Crippen molar-refractivity contribution in [3.63, 3.8) is 0 Å². The number of carboxylic acids is 1. The lowest BCUT2D eigenvalue weighted by molar-refractivity contribution is -0.192. The summed E-state index contributed by atoms with van der Waals surface area (Å²) in [4.78, 5) is 37.9. The molecule has 33 heavy (non-hydrogen) atoms. The first kappa shape index (κ1) is 25.8. The molecule has 0 bridgehead atoms. The monoisotopic (exact) mass is 474 g/mol. The highest BCUT2D eigenvalue weighted by Gasteiger charge is 2.38. The minimum atomic E-state index is -5.08. The lowest BCUT2D eigenvalue weighted by Gasteiger charge is -2.19. The van der Waals surface area contributed by atoms with Crippen molar-refractivity contribution >= 4 is 11.9 Å². The van der Waals surface area contributed by atoms with Gasteiger partial charge in [0.1, 0.15) is 11.6 Å². The van der Waals surface area contributed by atoms with Gasteiger partial charge in [-0.1, -0.05) is 19.1 Å². The first-order valence-electron chi connectivity index (χ1n) is 9.69. The number of nitrogens with one attached hydrogen (secondary N) is 2. The van der Waals surface area contributed by atoms with Crippen LogP contribution in [-0.4, -0.2) is 44.4 Å². The SMILES string of the molecule is CC1CCN[C@@H]1c1nc(C(=O)NCc2ccc(F)cc2)c(O)c(=O)n1C.O=C(O)C(F)(F)F. The quantitative estimate of drug-likeness (QED) is 0.497. The highest BCUT2D eigenvalue weighted by molar-refractivity contribution is 5.94. The van der Waals surface area contributed by atoms with Crippen molar-refractivity contribution in [3.05, 3.63) is 57.5 Å². The molecule has 0 spiro atoms. The molecule has 1 fully saturated rings. The highest BCUT2D eigenvalue weighted by Crippen LogP contribution is 2.28. The van der Waals surface area contributed by atoms with Gasteiger partial charge in [0.2, 0.25) is 5.75 Å². The first-order chi connectivity index (χ1) is 15.3. The number of hydrogen-bond donors (Lipinski definition) is 4. The third kappa shape index (κ3) is 6.51. The van der Waals surface area contributed by atoms with Crippen LogP contribution in [0.3, 0.4) is 0 Å². The van der Waals surface area contributed by atoms with Crippen LogP contribution in [0.25, 0.3) is 0 Å². The number of benzene rings is 1. The standard InChI is InChI=1S/C18H21FN4O3.C2HF3O2/c1-10-7-8-20-13(10)16-22-14(15(24)18(26)23(16)2)17(25)21-9-11-3-5-12(19)6-4-11;3-2(4,5)1(6)7/h3-6,10,13,20,24H,7-9H2,1-2H3,(H,21,25);(H,6,7)/t10?,13-;/m0./s1. The average molecular weight is 474 g/mol. The van der Waals surface area contributed by atoms with Gasteiger partial charge < -0.3 is 20.8 Å². The lowest BCUT2D eigenvalue weighted by atomic mass is 10.0. The number of carbonyl (C=O) groups is 2. The van der Waals surface area contributed by atoms with Crippen molar-refractivity contribution in [1.82, 2.24) is 20.2 Å². The van der Waals surface area contributed by atoms with Gasteiger partial charge in [0, 0.05) is 13.6 Å². The van der Waals surface area contributed by atoms with E-state index in [1.807, 2.05) is 6.92 Å². The van der Waals surface area contributed by atoms with Crippen LogP contribution in [0.15, 0.2) is 29.1 Å². The van der Waals surface area contributed by atoms with Crippen LogP contribution in [0.5, 0.6) is 5.75 Å². The zero-order valence-electron chi connectivity index (χ0n) is 17.6. The molecule has 13 heteroatoms. The third-order valence-electron chi connectivity index (χ3n) is 4.94. The van der Waals surface area contributed by atoms with Crippen molar-refractivity contribution in [3.8, 4) is 5.75 Å². The van der Waals surface area contributed by atoms with Crippen molar-refractivity contribution < 1.29 is 37.4 Å². The maximum absolute atomic E-state index is 12.9. The summed E-state index contributed by atoms with van der Waals surface area (Å²) in [6, 6.07) is 5.52. The Kier molecular flexibility index (Phi) is 8.14. The van der Waals surface area contributed by atoms with Gasteiger partial charge >= 0.3 is 12.1 Å². The molecular formula is C20H22F4N4O5. The van der Waals surface area contributed by atoms with Crippen molar-refractivity contribution in [1.29, 1.82) is 0 Å². The summed E-state index contributed by atoms with van der Waals surface area (Å²) in [7, 11) is 1.53. The fourth-order valence-electron chi connectivity index (χ4n) is 3.09. The van der Waals surface area contributed by atoms with Gasteiger partial charge in [0.25, 0.3) is 11.5 Å². The molecule has 9 nitrogen and oxygen atoms in total. The number of amides is 1. The number of aliphatic carboxylic acids is 1. The summed E-state index contributed by atoms with van der Waals surface area (Å²) in [5.41, 5.74) is -0.275. The molecule has 2 aromatic rings. The second-order valence-corrected chi connectivity index (χ2v) is 7.34. The Balaban J connectivity index is 0.000000479. The van der Waals surface area contributed by atoms with E-state index in [1.54, 1.807) is 12.1 Å². The number of nitrogens with zero attached hydrogens (tertiary/aromatic N) is 2. The molecule has 1 amide bonds. The molecule has 1 aliphatic heterocycles. The second-order valence-electron chi connectivity index (χ2n) is 7.34. The summed E-state index contributed by atoms with van der Waals surface area (Å²) in [6.07, 6.45) is -4.15. The van der Waals surface area contributed by atoms with Gasteiger partial charge in [-0.05, 0) is 36.6 Å². The summed E-state index contributed by atoms with van der Waals surface area (Å²) >= 11 is 0. The minimum Gasteiger partial charge on any atom is -0.501 e. The normalized spacial score (nSPS) is 17.8. The molecule has 1 aromatic carbocycles. The maximum Gasteiger partial charge on any atom is 0.490 e. The van der Waals surface area contributed by atoms with E-state index in [1.165, 1.54) is 23.7 Å². The Bertz CT molecular complexity index is 1070. The Morgan fingerprint density at radius 1 is 1.27 bits per heavy atom. The summed E-state index contributed by atoms with van der Waals surface area (Å²) in [5, 5.41) is 23.1. The largest absolute Gasteiger partial charge is 0.501 e. The Hall–Kier alpha value is -3.48. The number of carboxylic acid groups (broad SMARTS) is 1. The summed E-state index contributed by atoms with van der Waals surface area (Å²) in [6.45, 7) is 2.97.